The molecular weight excluding hydrogens is 306 g/mol. The number of aryl methyl sites for hydroxylation is 1. The Hall–Kier alpha value is -2.57. The third-order valence-corrected chi connectivity index (χ3v) is 4.10. The van der Waals surface area contributed by atoms with Crippen molar-refractivity contribution in [1.82, 2.24) is 14.8 Å². The first-order valence-electron chi connectivity index (χ1n) is 8.29. The molecule has 128 valence electrons. The first kappa shape index (κ1) is 16.3. The molecule has 7 nitrogen and oxygen atoms in total. The van der Waals surface area contributed by atoms with Gasteiger partial charge in [-0.15, -0.1) is 0 Å². The third kappa shape index (κ3) is 3.84. The van der Waals surface area contributed by atoms with Crippen molar-refractivity contribution in [3.63, 3.8) is 0 Å². The smallest absolute Gasteiger partial charge is 0.339 e. The van der Waals surface area contributed by atoms with Crippen molar-refractivity contribution >= 4 is 17.5 Å². The number of piperidine rings is 1. The molecule has 0 aliphatic carbocycles. The van der Waals surface area contributed by atoms with Gasteiger partial charge in [-0.2, -0.15) is 5.10 Å². The minimum atomic E-state index is -0.336. The lowest BCUT2D eigenvalue weighted by molar-refractivity contribution is 0.0526. The highest BCUT2D eigenvalue weighted by molar-refractivity contribution is 5.89. The van der Waals surface area contributed by atoms with E-state index >= 15 is 0 Å². The quantitative estimate of drug-likeness (QED) is 0.847. The number of esters is 1. The molecule has 1 fully saturated rings. The van der Waals surface area contributed by atoms with Gasteiger partial charge in [0.05, 0.1) is 24.1 Å². The molecule has 0 spiro atoms. The fourth-order valence-corrected chi connectivity index (χ4v) is 2.92. The summed E-state index contributed by atoms with van der Waals surface area (Å²) in [6, 6.07) is 3.89. The van der Waals surface area contributed by atoms with Crippen LogP contribution in [-0.4, -0.2) is 46.5 Å². The van der Waals surface area contributed by atoms with Gasteiger partial charge in [-0.3, -0.25) is 4.68 Å². The molecule has 1 saturated heterocycles. The number of hydrogen-bond donors (Lipinski definition) is 1. The van der Waals surface area contributed by atoms with Gasteiger partial charge in [-0.25, -0.2) is 9.78 Å². The number of carbonyl (C=O) groups is 1. The van der Waals surface area contributed by atoms with Crippen LogP contribution in [0.15, 0.2) is 30.7 Å². The standard InChI is InChI=1S/C17H23N5O2/c1-3-24-17(23)13-6-7-16(18-9-13)20-14-5-4-8-22(11-14)15-10-19-21(2)12-15/h6-7,9-10,12,14H,3-5,8,11H2,1-2H3,(H,18,20)/t14-/m0/s1. The molecule has 1 atom stereocenters. The van der Waals surface area contributed by atoms with Gasteiger partial charge in [-0.05, 0) is 31.9 Å². The summed E-state index contributed by atoms with van der Waals surface area (Å²) in [7, 11) is 1.93. The van der Waals surface area contributed by atoms with Crippen molar-refractivity contribution in [1.29, 1.82) is 0 Å². The van der Waals surface area contributed by atoms with E-state index in [9.17, 15) is 4.79 Å². The first-order valence-corrected chi connectivity index (χ1v) is 8.29. The summed E-state index contributed by atoms with van der Waals surface area (Å²) in [6.45, 7) is 4.11. The average molecular weight is 329 g/mol. The molecular formula is C17H23N5O2. The first-order chi connectivity index (χ1) is 11.7. The molecule has 0 amide bonds. The van der Waals surface area contributed by atoms with Crippen molar-refractivity contribution in [3.8, 4) is 0 Å². The van der Waals surface area contributed by atoms with Crippen LogP contribution in [0.3, 0.4) is 0 Å². The lowest BCUT2D eigenvalue weighted by atomic mass is 10.1. The van der Waals surface area contributed by atoms with Crippen LogP contribution in [-0.2, 0) is 11.8 Å². The molecule has 2 aromatic rings. The largest absolute Gasteiger partial charge is 0.462 e. The van der Waals surface area contributed by atoms with Gasteiger partial charge in [0.25, 0.3) is 0 Å². The second-order valence-corrected chi connectivity index (χ2v) is 5.95. The summed E-state index contributed by atoms with van der Waals surface area (Å²) in [4.78, 5) is 18.3. The Kier molecular flexibility index (Phi) is 4.98. The Morgan fingerprint density at radius 2 is 2.29 bits per heavy atom. The molecule has 3 rings (SSSR count). The molecule has 7 heteroatoms. The van der Waals surface area contributed by atoms with Crippen molar-refractivity contribution in [3.05, 3.63) is 36.3 Å². The number of nitrogens with one attached hydrogen (secondary N) is 1. The second kappa shape index (κ2) is 7.33. The zero-order valence-electron chi connectivity index (χ0n) is 14.1. The third-order valence-electron chi connectivity index (χ3n) is 4.10. The van der Waals surface area contributed by atoms with Crippen LogP contribution in [0.5, 0.6) is 0 Å². The lowest BCUT2D eigenvalue weighted by Gasteiger charge is -2.34. The van der Waals surface area contributed by atoms with Gasteiger partial charge in [0.1, 0.15) is 5.82 Å². The van der Waals surface area contributed by atoms with Gasteiger partial charge in [0, 0.05) is 38.6 Å². The highest BCUT2D eigenvalue weighted by Gasteiger charge is 2.21. The van der Waals surface area contributed by atoms with Crippen molar-refractivity contribution in [2.24, 2.45) is 7.05 Å². The summed E-state index contributed by atoms with van der Waals surface area (Å²) in [6.07, 6.45) is 7.71. The molecule has 0 unspecified atom stereocenters. The Labute approximate surface area is 141 Å². The van der Waals surface area contributed by atoms with E-state index in [1.54, 1.807) is 19.2 Å². The van der Waals surface area contributed by atoms with E-state index in [0.717, 1.165) is 37.4 Å². The van der Waals surface area contributed by atoms with Gasteiger partial charge < -0.3 is 15.0 Å². The van der Waals surface area contributed by atoms with Gasteiger partial charge in [-0.1, -0.05) is 0 Å². The van der Waals surface area contributed by atoms with E-state index < -0.39 is 0 Å². The van der Waals surface area contributed by atoms with Crippen molar-refractivity contribution in [2.75, 3.05) is 29.9 Å². The second-order valence-electron chi connectivity index (χ2n) is 5.95. The molecule has 0 aromatic carbocycles. The SMILES string of the molecule is CCOC(=O)c1ccc(N[C@H]2CCCN(c3cnn(C)c3)C2)nc1. The highest BCUT2D eigenvalue weighted by Crippen LogP contribution is 2.21. The number of hydrogen-bond acceptors (Lipinski definition) is 6. The summed E-state index contributed by atoms with van der Waals surface area (Å²) in [5, 5.41) is 7.69. The minimum Gasteiger partial charge on any atom is -0.462 e. The number of carbonyl (C=O) groups excluding carboxylic acids is 1. The Balaban J connectivity index is 1.60. The van der Waals surface area contributed by atoms with Crippen LogP contribution in [0.2, 0.25) is 0 Å². The van der Waals surface area contributed by atoms with Crippen molar-refractivity contribution < 1.29 is 9.53 Å². The summed E-state index contributed by atoms with van der Waals surface area (Å²) in [5.41, 5.74) is 1.62. The zero-order valence-corrected chi connectivity index (χ0v) is 14.1. The molecule has 0 saturated carbocycles. The molecule has 2 aromatic heterocycles. The van der Waals surface area contributed by atoms with E-state index in [4.69, 9.17) is 4.74 Å². The molecule has 1 N–H and O–H groups in total. The van der Waals surface area contributed by atoms with E-state index in [1.165, 1.54) is 0 Å². The van der Waals surface area contributed by atoms with Crippen LogP contribution in [0, 0.1) is 0 Å². The van der Waals surface area contributed by atoms with E-state index in [2.05, 4.69) is 20.3 Å². The zero-order chi connectivity index (χ0) is 16.9. The van der Waals surface area contributed by atoms with Gasteiger partial charge in [0.2, 0.25) is 0 Å². The molecule has 0 radical (unpaired) electrons. The van der Waals surface area contributed by atoms with Crippen molar-refractivity contribution in [2.45, 2.75) is 25.8 Å². The highest BCUT2D eigenvalue weighted by atomic mass is 16.5. The normalized spacial score (nSPS) is 17.6. The lowest BCUT2D eigenvalue weighted by Crippen LogP contribution is -2.42. The number of anilines is 2. The van der Waals surface area contributed by atoms with Gasteiger partial charge >= 0.3 is 5.97 Å². The molecule has 24 heavy (non-hydrogen) atoms. The van der Waals surface area contributed by atoms with Gasteiger partial charge in [0.15, 0.2) is 0 Å². The molecule has 0 bridgehead atoms. The minimum absolute atomic E-state index is 0.319. The predicted octanol–water partition coefficient (Wildman–Crippen LogP) is 2.07. The van der Waals surface area contributed by atoms with E-state index in [0.29, 0.717) is 18.2 Å². The summed E-state index contributed by atoms with van der Waals surface area (Å²) >= 11 is 0. The van der Waals surface area contributed by atoms with Crippen LogP contribution in [0.4, 0.5) is 11.5 Å². The Bertz CT molecular complexity index is 683. The van der Waals surface area contributed by atoms with Crippen LogP contribution >= 0.6 is 0 Å². The Morgan fingerprint density at radius 3 is 2.96 bits per heavy atom. The monoisotopic (exact) mass is 329 g/mol. The summed E-state index contributed by atoms with van der Waals surface area (Å²) in [5.74, 6) is 0.443. The molecule has 3 heterocycles. The number of nitrogens with zero attached hydrogens (tertiary/aromatic N) is 4. The van der Waals surface area contributed by atoms with Crippen LogP contribution in [0.25, 0.3) is 0 Å². The average Bonchev–Trinajstić information content (AvgIpc) is 3.03. The number of ether oxygens (including phenoxy) is 1. The topological polar surface area (TPSA) is 72.3 Å². The van der Waals surface area contributed by atoms with Crippen LogP contribution in [0.1, 0.15) is 30.1 Å². The summed E-state index contributed by atoms with van der Waals surface area (Å²) < 4.78 is 6.79. The molecule has 1 aliphatic rings. The number of pyridine rings is 1. The fourth-order valence-electron chi connectivity index (χ4n) is 2.92. The number of aromatic nitrogens is 3. The maximum Gasteiger partial charge on any atom is 0.339 e. The maximum atomic E-state index is 11.7. The van der Waals surface area contributed by atoms with Crippen LogP contribution < -0.4 is 10.2 Å². The predicted molar refractivity (Wildman–Crippen MR) is 92.3 cm³/mol. The Morgan fingerprint density at radius 1 is 1.42 bits per heavy atom. The molecule has 1 aliphatic heterocycles. The maximum absolute atomic E-state index is 11.7. The van der Waals surface area contributed by atoms with E-state index in [1.807, 2.05) is 30.2 Å². The fraction of sp³-hybridized carbons (Fsp3) is 0.471. The number of rotatable bonds is 5. The van der Waals surface area contributed by atoms with E-state index in [-0.39, 0.29) is 5.97 Å².